The Morgan fingerprint density at radius 1 is 0.671 bits per heavy atom. The molecule has 1 aliphatic rings. The van der Waals surface area contributed by atoms with Crippen LogP contribution in [0.4, 0.5) is 0 Å². The molecule has 1 saturated heterocycles. The number of cyclic esters (lactones) is 1. The Bertz CT molecular complexity index is 2040. The van der Waals surface area contributed by atoms with E-state index in [0.29, 0.717) is 24.2 Å². The molecule has 2 rings (SSSR count). The van der Waals surface area contributed by atoms with Crippen molar-refractivity contribution in [1.82, 2.24) is 41.3 Å². The maximum absolute atomic E-state index is 14.6. The number of hydrogen-bond donors (Lipinski definition) is 5. The average Bonchev–Trinajstić information content (AvgIpc) is 3.32. The maximum atomic E-state index is 14.6. The number of amides is 8. The van der Waals surface area contributed by atoms with E-state index in [1.165, 1.54) is 77.6 Å². The van der Waals surface area contributed by atoms with Crippen LogP contribution in [0.1, 0.15) is 108 Å². The summed E-state index contributed by atoms with van der Waals surface area (Å²) in [6.45, 7) is 18.2. The molecule has 5 N–H and O–H groups in total. The zero-order valence-corrected chi connectivity index (χ0v) is 44.1. The number of benzene rings is 1. The van der Waals surface area contributed by atoms with Gasteiger partial charge in [-0.1, -0.05) is 67.0 Å². The summed E-state index contributed by atoms with van der Waals surface area (Å²) >= 11 is 0. The molecule has 7 unspecified atom stereocenters. The molecule has 0 saturated carbocycles. The maximum Gasteiger partial charge on any atom is 0.311 e. The lowest BCUT2D eigenvalue weighted by Gasteiger charge is -2.37. The summed E-state index contributed by atoms with van der Waals surface area (Å²) < 4.78 is 11.0. The van der Waals surface area contributed by atoms with Gasteiger partial charge in [0.05, 0.1) is 32.2 Å². The molecular formula is C50H80N8O12. The molecule has 1 aromatic carbocycles. The van der Waals surface area contributed by atoms with Crippen molar-refractivity contribution in [3.8, 4) is 5.75 Å². The molecule has 0 radical (unpaired) electrons. The van der Waals surface area contributed by atoms with E-state index >= 15 is 0 Å². The van der Waals surface area contributed by atoms with Gasteiger partial charge in [0.1, 0.15) is 35.3 Å². The van der Waals surface area contributed by atoms with Crippen molar-refractivity contribution in [2.45, 2.75) is 151 Å². The Morgan fingerprint density at radius 3 is 1.70 bits per heavy atom. The van der Waals surface area contributed by atoms with Crippen molar-refractivity contribution in [2.75, 3.05) is 41.3 Å². The highest BCUT2D eigenvalue weighted by molar-refractivity contribution is 6.09. The minimum absolute atomic E-state index is 0.0333. The largest absolute Gasteiger partial charge is 0.497 e. The Morgan fingerprint density at radius 2 is 1.20 bits per heavy atom. The highest BCUT2D eigenvalue weighted by atomic mass is 16.5. The number of esters is 1. The number of likely N-dealkylation sites (N-methyl/N-ethyl adjacent to an activating group) is 3. The Balaban J connectivity index is 2.69. The number of carbonyl (C=O) groups excluding carboxylic acids is 10. The van der Waals surface area contributed by atoms with Crippen LogP contribution in [-0.4, -0.2) is 157 Å². The number of nitrogens with one attached hydrogen (secondary N) is 5. The molecule has 392 valence electrons. The number of carbonyl (C=O) groups is 10. The van der Waals surface area contributed by atoms with E-state index in [-0.39, 0.29) is 12.8 Å². The zero-order valence-electron chi connectivity index (χ0n) is 44.1. The second-order valence-electron chi connectivity index (χ2n) is 19.5. The number of hydrogen-bond acceptors (Lipinski definition) is 12. The smallest absolute Gasteiger partial charge is 0.311 e. The topological polar surface area (TPSA) is 259 Å². The molecule has 10 atom stereocenters. The van der Waals surface area contributed by atoms with E-state index < -0.39 is 144 Å². The summed E-state index contributed by atoms with van der Waals surface area (Å²) in [5, 5.41) is 13.2. The highest BCUT2D eigenvalue weighted by Crippen LogP contribution is 2.23. The van der Waals surface area contributed by atoms with Crippen LogP contribution in [0.15, 0.2) is 24.3 Å². The molecule has 70 heavy (non-hydrogen) atoms. The van der Waals surface area contributed by atoms with Gasteiger partial charge in [-0.3, -0.25) is 47.9 Å². The van der Waals surface area contributed by atoms with Crippen molar-refractivity contribution in [3.05, 3.63) is 29.8 Å². The second-order valence-corrected chi connectivity index (χ2v) is 19.5. The summed E-state index contributed by atoms with van der Waals surface area (Å²) in [4.78, 5) is 143. The van der Waals surface area contributed by atoms with Gasteiger partial charge >= 0.3 is 5.97 Å². The van der Waals surface area contributed by atoms with Crippen LogP contribution >= 0.6 is 0 Å². The number of ketones is 1. The first-order valence-corrected chi connectivity index (χ1v) is 24.2. The molecule has 20 nitrogen and oxygen atoms in total. The second kappa shape index (κ2) is 26.8. The molecule has 0 aromatic heterocycles. The Hall–Kier alpha value is -6.08. The number of rotatable bonds is 9. The fourth-order valence-corrected chi connectivity index (χ4v) is 8.18. The molecular weight excluding hydrogens is 905 g/mol. The SMILES string of the molecule is CCC(C)C1OC(=O)C(C)C(CC)NC(=O)C(C)NC(=O)C(C)(C)C(=O)C(C)NC(=O)[C@H](Cc2ccc(OC)cc2)N(C)C(=O)[C@H](C(C)C)N(C)C(=O)CNC(=O)[C@H](C(C)CC)N(C)C(=O)CNC1=O. The molecule has 0 bridgehead atoms. The van der Waals surface area contributed by atoms with Crippen LogP contribution in [0.3, 0.4) is 0 Å². The number of nitrogens with zero attached hydrogens (tertiary/aromatic N) is 3. The molecule has 1 aromatic rings. The molecule has 0 aliphatic carbocycles. The molecule has 1 fully saturated rings. The van der Waals surface area contributed by atoms with E-state index in [9.17, 15) is 47.9 Å². The van der Waals surface area contributed by atoms with Gasteiger partial charge in [-0.05, 0) is 77.0 Å². The van der Waals surface area contributed by atoms with Gasteiger partial charge < -0.3 is 50.8 Å². The standard InChI is InChI=1S/C50H80N8O12/c1-17-28(6)40-45(64)51-25-37(59)57(14)39(27(4)5)47(66)56(13)36(24-33-20-22-34(69-16)23-21-33)44(63)53-31(9)42(61)50(11,12)49(68)54-32(10)43(62)55-35(19-3)30(8)48(67)70-41(29(7)18-2)46(65)52-26-38(60)58(40)15/h20-23,27-32,35-36,39-41H,17-19,24-26H2,1-16H3,(H,51,64)(H,52,65)(H,53,63)(H,54,68)(H,55,62)/t28?,29?,30?,31?,32?,35?,36-,39-,40-,41?/m0/s1. The minimum Gasteiger partial charge on any atom is -0.497 e. The zero-order chi connectivity index (χ0) is 53.5. The summed E-state index contributed by atoms with van der Waals surface area (Å²) in [7, 11) is 5.72. The van der Waals surface area contributed by atoms with Gasteiger partial charge in [0.25, 0.3) is 5.91 Å². The predicted molar refractivity (Wildman–Crippen MR) is 261 cm³/mol. The summed E-state index contributed by atoms with van der Waals surface area (Å²) in [5.74, 6) is -8.89. The highest BCUT2D eigenvalue weighted by Gasteiger charge is 2.43. The molecule has 8 amide bonds. The monoisotopic (exact) mass is 985 g/mol. The van der Waals surface area contributed by atoms with Gasteiger partial charge in [0, 0.05) is 39.5 Å². The van der Waals surface area contributed by atoms with E-state index in [0.717, 1.165) is 0 Å². The quantitative estimate of drug-likeness (QED) is 0.175. The van der Waals surface area contributed by atoms with E-state index in [1.54, 1.807) is 65.8 Å². The van der Waals surface area contributed by atoms with Gasteiger partial charge in [0.2, 0.25) is 41.4 Å². The predicted octanol–water partition coefficient (Wildman–Crippen LogP) is 1.76. The molecule has 1 aliphatic heterocycles. The van der Waals surface area contributed by atoms with Crippen molar-refractivity contribution < 1.29 is 57.4 Å². The van der Waals surface area contributed by atoms with Crippen molar-refractivity contribution >= 4 is 59.0 Å². The average molecular weight is 985 g/mol. The lowest BCUT2D eigenvalue weighted by molar-refractivity contribution is -0.163. The normalized spacial score (nSPS) is 27.1. The lowest BCUT2D eigenvalue weighted by atomic mass is 9.83. The van der Waals surface area contributed by atoms with E-state index in [1.807, 2.05) is 6.92 Å². The van der Waals surface area contributed by atoms with Gasteiger partial charge in [-0.2, -0.15) is 0 Å². The van der Waals surface area contributed by atoms with Crippen molar-refractivity contribution in [3.63, 3.8) is 0 Å². The third-order valence-electron chi connectivity index (χ3n) is 13.6. The van der Waals surface area contributed by atoms with Gasteiger partial charge in [-0.15, -0.1) is 0 Å². The minimum atomic E-state index is -1.79. The molecule has 0 spiro atoms. The fraction of sp³-hybridized carbons (Fsp3) is 0.680. The van der Waals surface area contributed by atoms with Gasteiger partial charge in [-0.25, -0.2) is 0 Å². The van der Waals surface area contributed by atoms with Crippen molar-refractivity contribution in [1.29, 1.82) is 0 Å². The lowest BCUT2D eigenvalue weighted by Crippen LogP contribution is -2.60. The Labute approximate surface area is 413 Å². The van der Waals surface area contributed by atoms with E-state index in [4.69, 9.17) is 9.47 Å². The first-order valence-electron chi connectivity index (χ1n) is 24.2. The Kier molecular flexibility index (Phi) is 23.0. The number of methoxy groups -OCH3 is 1. The van der Waals surface area contributed by atoms with Crippen molar-refractivity contribution in [2.24, 2.45) is 29.1 Å². The first-order chi connectivity index (χ1) is 32.6. The fourth-order valence-electron chi connectivity index (χ4n) is 8.18. The first kappa shape index (κ1) is 60.0. The number of ether oxygens (including phenoxy) is 2. The third-order valence-corrected chi connectivity index (χ3v) is 13.6. The van der Waals surface area contributed by atoms with E-state index in [2.05, 4.69) is 26.6 Å². The summed E-state index contributed by atoms with van der Waals surface area (Å²) in [6, 6.07) is 0.0462. The molecule has 1 heterocycles. The van der Waals surface area contributed by atoms with Crippen LogP contribution < -0.4 is 31.3 Å². The summed E-state index contributed by atoms with van der Waals surface area (Å²) in [6.07, 6.45) is -0.234. The van der Waals surface area contributed by atoms with Crippen LogP contribution in [0.2, 0.25) is 0 Å². The van der Waals surface area contributed by atoms with Crippen LogP contribution in [0, 0.1) is 29.1 Å². The molecule has 20 heteroatoms. The van der Waals surface area contributed by atoms with Crippen LogP contribution in [0.25, 0.3) is 0 Å². The van der Waals surface area contributed by atoms with Crippen LogP contribution in [0.5, 0.6) is 5.75 Å². The van der Waals surface area contributed by atoms with Crippen LogP contribution in [-0.2, 0) is 59.1 Å². The third kappa shape index (κ3) is 15.5. The number of Topliss-reactive ketones (excluding diaryl/α,β-unsaturated/α-hetero) is 1. The summed E-state index contributed by atoms with van der Waals surface area (Å²) in [5.41, 5.74) is -1.16. The van der Waals surface area contributed by atoms with Gasteiger partial charge in [0.15, 0.2) is 11.9 Å².